The minimum absolute atomic E-state index is 0.338. The molecule has 0 radical (unpaired) electrons. The van der Waals surface area contributed by atoms with E-state index in [0.717, 1.165) is 14.8 Å². The molecule has 2 N–H and O–H groups in total. The molecule has 2 rings (SSSR count). The highest BCUT2D eigenvalue weighted by Gasteiger charge is 2.01. The van der Waals surface area contributed by atoms with Crippen LogP contribution in [0, 0.1) is 10.5 Å². The predicted octanol–water partition coefficient (Wildman–Crippen LogP) is 3.92. The fourth-order valence-corrected chi connectivity index (χ4v) is 2.12. The van der Waals surface area contributed by atoms with Crippen LogP contribution < -0.4 is 5.32 Å². The second-order valence-corrected chi connectivity index (χ2v) is 5.24. The summed E-state index contributed by atoms with van der Waals surface area (Å²) in [5.41, 5.74) is 3.22. The molecule has 0 aromatic heterocycles. The number of hydrogen-bond acceptors (Lipinski definition) is 2. The van der Waals surface area contributed by atoms with Gasteiger partial charge in [-0.15, -0.1) is 0 Å². The number of rotatable bonds is 3. The van der Waals surface area contributed by atoms with Crippen LogP contribution in [0.3, 0.4) is 0 Å². The highest BCUT2D eigenvalue weighted by Crippen LogP contribution is 2.21. The molecule has 0 unspecified atom stereocenters. The summed E-state index contributed by atoms with van der Waals surface area (Å²) in [4.78, 5) is 0. The SMILES string of the molecule is Cc1ccc(NCc2cc(I)ccc2O)cc1. The number of nitrogens with one attached hydrogen (secondary N) is 1. The maximum atomic E-state index is 9.71. The van der Waals surface area contributed by atoms with E-state index in [-0.39, 0.29) is 0 Å². The van der Waals surface area contributed by atoms with Gasteiger partial charge in [-0.1, -0.05) is 17.7 Å². The number of phenols is 1. The van der Waals surface area contributed by atoms with Crippen molar-refractivity contribution in [2.24, 2.45) is 0 Å². The first-order valence-electron chi connectivity index (χ1n) is 5.43. The first kappa shape index (κ1) is 12.2. The van der Waals surface area contributed by atoms with Crippen molar-refractivity contribution in [3.8, 4) is 5.75 Å². The Morgan fingerprint density at radius 1 is 1.12 bits per heavy atom. The quantitative estimate of drug-likeness (QED) is 0.831. The van der Waals surface area contributed by atoms with Gasteiger partial charge in [0.25, 0.3) is 0 Å². The number of aromatic hydroxyl groups is 1. The van der Waals surface area contributed by atoms with Gasteiger partial charge >= 0.3 is 0 Å². The van der Waals surface area contributed by atoms with Crippen LogP contribution in [-0.4, -0.2) is 5.11 Å². The summed E-state index contributed by atoms with van der Waals surface area (Å²) in [6.07, 6.45) is 0. The normalized spacial score (nSPS) is 10.2. The van der Waals surface area contributed by atoms with Crippen molar-refractivity contribution in [1.82, 2.24) is 0 Å². The molecule has 17 heavy (non-hydrogen) atoms. The van der Waals surface area contributed by atoms with E-state index in [0.29, 0.717) is 12.3 Å². The van der Waals surface area contributed by atoms with Gasteiger partial charge in [-0.05, 0) is 59.8 Å². The van der Waals surface area contributed by atoms with Gasteiger partial charge in [0.1, 0.15) is 5.75 Å². The largest absolute Gasteiger partial charge is 0.508 e. The fourth-order valence-electron chi connectivity index (χ4n) is 1.56. The lowest BCUT2D eigenvalue weighted by Crippen LogP contribution is -1.99. The zero-order chi connectivity index (χ0) is 12.3. The molecule has 88 valence electrons. The molecule has 2 aromatic carbocycles. The number of aryl methyl sites for hydroxylation is 1. The third-order valence-corrected chi connectivity index (χ3v) is 3.25. The molecule has 2 aromatic rings. The van der Waals surface area contributed by atoms with Crippen molar-refractivity contribution in [2.75, 3.05) is 5.32 Å². The molecule has 0 spiro atoms. The molecule has 0 aliphatic rings. The van der Waals surface area contributed by atoms with Crippen LogP contribution in [0.25, 0.3) is 0 Å². The third kappa shape index (κ3) is 3.36. The first-order chi connectivity index (χ1) is 8.15. The van der Waals surface area contributed by atoms with Gasteiger partial charge in [-0.25, -0.2) is 0 Å². The molecule has 0 saturated heterocycles. The Morgan fingerprint density at radius 2 is 1.82 bits per heavy atom. The molecule has 0 saturated carbocycles. The average Bonchev–Trinajstić information content (AvgIpc) is 2.32. The van der Waals surface area contributed by atoms with E-state index >= 15 is 0 Å². The summed E-state index contributed by atoms with van der Waals surface area (Å²) in [6, 6.07) is 13.8. The summed E-state index contributed by atoms with van der Waals surface area (Å²) in [5, 5.41) is 13.0. The maximum absolute atomic E-state index is 9.71. The molecule has 0 amide bonds. The van der Waals surface area contributed by atoms with Gasteiger partial charge in [-0.2, -0.15) is 0 Å². The molecular formula is C14H14INO. The zero-order valence-electron chi connectivity index (χ0n) is 9.57. The number of benzene rings is 2. The van der Waals surface area contributed by atoms with Crippen molar-refractivity contribution in [1.29, 1.82) is 0 Å². The number of anilines is 1. The Balaban J connectivity index is 2.07. The van der Waals surface area contributed by atoms with E-state index in [4.69, 9.17) is 0 Å². The van der Waals surface area contributed by atoms with Gasteiger partial charge < -0.3 is 10.4 Å². The van der Waals surface area contributed by atoms with Crippen LogP contribution in [-0.2, 0) is 6.54 Å². The third-order valence-electron chi connectivity index (χ3n) is 2.58. The molecule has 3 heteroatoms. The molecule has 0 aliphatic heterocycles. The second kappa shape index (κ2) is 5.40. The predicted molar refractivity (Wildman–Crippen MR) is 79.3 cm³/mol. The van der Waals surface area contributed by atoms with Crippen LogP contribution in [0.2, 0.25) is 0 Å². The number of hydrogen-bond donors (Lipinski definition) is 2. The Bertz CT molecular complexity index is 508. The summed E-state index contributed by atoms with van der Waals surface area (Å²) < 4.78 is 1.13. The average molecular weight is 339 g/mol. The summed E-state index contributed by atoms with van der Waals surface area (Å²) in [7, 11) is 0. The Hall–Kier alpha value is -1.23. The minimum atomic E-state index is 0.338. The van der Waals surface area contributed by atoms with Gasteiger partial charge in [0.05, 0.1) is 0 Å². The van der Waals surface area contributed by atoms with E-state index in [1.807, 2.05) is 24.3 Å². The lowest BCUT2D eigenvalue weighted by molar-refractivity contribution is 0.469. The lowest BCUT2D eigenvalue weighted by Gasteiger charge is -2.08. The van der Waals surface area contributed by atoms with Crippen LogP contribution in [0.1, 0.15) is 11.1 Å². The van der Waals surface area contributed by atoms with E-state index in [9.17, 15) is 5.11 Å². The Kier molecular flexibility index (Phi) is 3.89. The summed E-state index contributed by atoms with van der Waals surface area (Å²) in [6.45, 7) is 2.70. The van der Waals surface area contributed by atoms with Crippen molar-refractivity contribution in [2.45, 2.75) is 13.5 Å². The van der Waals surface area contributed by atoms with Gasteiger partial charge in [0.15, 0.2) is 0 Å². The minimum Gasteiger partial charge on any atom is -0.508 e. The maximum Gasteiger partial charge on any atom is 0.120 e. The van der Waals surface area contributed by atoms with Crippen LogP contribution in [0.5, 0.6) is 5.75 Å². The molecule has 0 bridgehead atoms. The van der Waals surface area contributed by atoms with Gasteiger partial charge in [0.2, 0.25) is 0 Å². The molecule has 0 aliphatic carbocycles. The van der Waals surface area contributed by atoms with Crippen LogP contribution in [0.4, 0.5) is 5.69 Å². The molecule has 0 atom stereocenters. The van der Waals surface area contributed by atoms with Crippen LogP contribution >= 0.6 is 22.6 Å². The van der Waals surface area contributed by atoms with Crippen molar-refractivity contribution in [3.05, 3.63) is 57.2 Å². The van der Waals surface area contributed by atoms with E-state index in [1.165, 1.54) is 5.56 Å². The topological polar surface area (TPSA) is 32.3 Å². The summed E-state index contributed by atoms with van der Waals surface area (Å²) >= 11 is 2.24. The van der Waals surface area contributed by atoms with Crippen LogP contribution in [0.15, 0.2) is 42.5 Å². The van der Waals surface area contributed by atoms with Gasteiger partial charge in [-0.3, -0.25) is 0 Å². The highest BCUT2D eigenvalue weighted by molar-refractivity contribution is 14.1. The van der Waals surface area contributed by atoms with Crippen molar-refractivity contribution < 1.29 is 5.11 Å². The Morgan fingerprint density at radius 3 is 2.53 bits per heavy atom. The smallest absolute Gasteiger partial charge is 0.120 e. The van der Waals surface area contributed by atoms with E-state index < -0.39 is 0 Å². The van der Waals surface area contributed by atoms with Gasteiger partial charge in [0, 0.05) is 21.4 Å². The Labute approximate surface area is 115 Å². The molecule has 2 nitrogen and oxygen atoms in total. The van der Waals surface area contributed by atoms with Crippen molar-refractivity contribution in [3.63, 3.8) is 0 Å². The van der Waals surface area contributed by atoms with E-state index in [1.54, 1.807) is 6.07 Å². The highest BCUT2D eigenvalue weighted by atomic mass is 127. The molecule has 0 heterocycles. The second-order valence-electron chi connectivity index (χ2n) is 3.99. The molecular weight excluding hydrogens is 325 g/mol. The summed E-state index contributed by atoms with van der Waals surface area (Å²) in [5.74, 6) is 0.338. The van der Waals surface area contributed by atoms with E-state index in [2.05, 4.69) is 47.0 Å². The van der Waals surface area contributed by atoms with Crippen molar-refractivity contribution >= 4 is 28.3 Å². The molecule has 0 fully saturated rings. The number of halogens is 1. The standard InChI is InChI=1S/C14H14INO/c1-10-2-5-13(6-3-10)16-9-11-8-12(15)4-7-14(11)17/h2-8,16-17H,9H2,1H3. The zero-order valence-corrected chi connectivity index (χ0v) is 11.7. The first-order valence-corrected chi connectivity index (χ1v) is 6.51. The number of phenolic OH excluding ortho intramolecular Hbond substituents is 1. The fraction of sp³-hybridized carbons (Fsp3) is 0.143. The lowest BCUT2D eigenvalue weighted by atomic mass is 10.2. The monoisotopic (exact) mass is 339 g/mol.